The molecular formula is C12H7BrClN3S. The molecule has 6 heteroatoms. The molecule has 2 heterocycles. The molecule has 0 aliphatic heterocycles. The zero-order valence-electron chi connectivity index (χ0n) is 9.02. The molecule has 0 radical (unpaired) electrons. The number of imidazole rings is 1. The Morgan fingerprint density at radius 2 is 2.11 bits per heavy atom. The molecule has 18 heavy (non-hydrogen) atoms. The second-order valence-electron chi connectivity index (χ2n) is 3.74. The second-order valence-corrected chi connectivity index (χ2v) is 5.42. The quantitative estimate of drug-likeness (QED) is 0.662. The molecule has 1 N–H and O–H groups in total. The molecule has 0 amide bonds. The van der Waals surface area contributed by atoms with Crippen molar-refractivity contribution in [3.63, 3.8) is 0 Å². The van der Waals surface area contributed by atoms with Crippen molar-refractivity contribution in [3.05, 3.63) is 50.8 Å². The van der Waals surface area contributed by atoms with E-state index < -0.39 is 0 Å². The van der Waals surface area contributed by atoms with E-state index in [1.807, 2.05) is 34.9 Å². The van der Waals surface area contributed by atoms with Gasteiger partial charge in [0, 0.05) is 10.7 Å². The van der Waals surface area contributed by atoms with E-state index >= 15 is 0 Å². The highest BCUT2D eigenvalue weighted by Crippen LogP contribution is 2.25. The number of halogens is 2. The van der Waals surface area contributed by atoms with E-state index in [0.717, 1.165) is 21.3 Å². The number of aromatic amines is 1. The Labute approximate surface area is 122 Å². The summed E-state index contributed by atoms with van der Waals surface area (Å²) in [4.78, 5) is 7.43. The third-order valence-corrected chi connectivity index (χ3v) is 3.75. The van der Waals surface area contributed by atoms with E-state index in [4.69, 9.17) is 23.8 Å². The minimum atomic E-state index is 0.582. The number of rotatable bonds is 1. The molecule has 0 fully saturated rings. The number of aromatic nitrogens is 3. The molecule has 0 atom stereocenters. The number of H-pyrrole nitrogens is 1. The number of nitrogens with one attached hydrogen (secondary N) is 1. The summed E-state index contributed by atoms with van der Waals surface area (Å²) in [6.07, 6.45) is 1.61. The van der Waals surface area contributed by atoms with E-state index in [9.17, 15) is 0 Å². The molecule has 0 bridgehead atoms. The normalized spacial score (nSPS) is 11.0. The van der Waals surface area contributed by atoms with Crippen molar-refractivity contribution in [2.45, 2.75) is 0 Å². The van der Waals surface area contributed by atoms with Gasteiger partial charge in [0.15, 0.2) is 10.4 Å². The summed E-state index contributed by atoms with van der Waals surface area (Å²) in [7, 11) is 0. The number of benzene rings is 1. The average molecular weight is 341 g/mol. The lowest BCUT2D eigenvalue weighted by Crippen LogP contribution is -1.96. The molecule has 90 valence electrons. The SMILES string of the molecule is S=c1[nH]c2cc(Cl)cnc2n1-c1ccccc1Br. The van der Waals surface area contributed by atoms with Gasteiger partial charge in [0.25, 0.3) is 0 Å². The largest absolute Gasteiger partial charge is 0.329 e. The maximum Gasteiger partial charge on any atom is 0.184 e. The fourth-order valence-corrected chi connectivity index (χ4v) is 2.74. The summed E-state index contributed by atoms with van der Waals surface area (Å²) in [6, 6.07) is 9.66. The minimum absolute atomic E-state index is 0.582. The van der Waals surface area contributed by atoms with Gasteiger partial charge in [-0.1, -0.05) is 23.7 Å². The van der Waals surface area contributed by atoms with Gasteiger partial charge in [0.05, 0.1) is 16.2 Å². The molecule has 0 aliphatic carbocycles. The third-order valence-electron chi connectivity index (χ3n) is 2.58. The predicted octanol–water partition coefficient (Wildman–Crippen LogP) is 4.50. The maximum absolute atomic E-state index is 5.92. The van der Waals surface area contributed by atoms with Crippen LogP contribution in [-0.2, 0) is 0 Å². The molecule has 0 saturated carbocycles. The summed E-state index contributed by atoms with van der Waals surface area (Å²) in [5.74, 6) is 0. The average Bonchev–Trinajstić information content (AvgIpc) is 2.65. The Morgan fingerprint density at radius 3 is 2.89 bits per heavy atom. The third kappa shape index (κ3) is 1.88. The Morgan fingerprint density at radius 1 is 1.33 bits per heavy atom. The predicted molar refractivity (Wildman–Crippen MR) is 79.0 cm³/mol. The first-order chi connectivity index (χ1) is 8.66. The van der Waals surface area contributed by atoms with Crippen LogP contribution in [0.3, 0.4) is 0 Å². The van der Waals surface area contributed by atoms with Crippen molar-refractivity contribution in [1.29, 1.82) is 0 Å². The zero-order valence-corrected chi connectivity index (χ0v) is 12.2. The number of nitrogens with zero attached hydrogens (tertiary/aromatic N) is 2. The number of para-hydroxylation sites is 1. The van der Waals surface area contributed by atoms with Crippen LogP contribution >= 0.6 is 39.7 Å². The summed E-state index contributed by atoms with van der Waals surface area (Å²) >= 11 is 14.8. The molecule has 0 unspecified atom stereocenters. The van der Waals surface area contributed by atoms with Crippen molar-refractivity contribution < 1.29 is 0 Å². The Hall–Kier alpha value is -1.17. The second kappa shape index (κ2) is 4.50. The van der Waals surface area contributed by atoms with Crippen LogP contribution in [0.15, 0.2) is 41.0 Å². The fourth-order valence-electron chi connectivity index (χ4n) is 1.83. The maximum atomic E-state index is 5.92. The molecular weight excluding hydrogens is 334 g/mol. The van der Waals surface area contributed by atoms with Gasteiger partial charge in [0.1, 0.15) is 0 Å². The van der Waals surface area contributed by atoms with E-state index in [1.54, 1.807) is 6.20 Å². The van der Waals surface area contributed by atoms with Crippen LogP contribution in [0.2, 0.25) is 5.02 Å². The van der Waals surface area contributed by atoms with Crippen LogP contribution in [0.1, 0.15) is 0 Å². The lowest BCUT2D eigenvalue weighted by atomic mass is 10.3. The van der Waals surface area contributed by atoms with Crippen molar-refractivity contribution in [2.75, 3.05) is 0 Å². The van der Waals surface area contributed by atoms with Gasteiger partial charge < -0.3 is 4.98 Å². The Balaban J connectivity index is 2.40. The topological polar surface area (TPSA) is 33.6 Å². The van der Waals surface area contributed by atoms with Crippen molar-refractivity contribution >= 4 is 50.9 Å². The van der Waals surface area contributed by atoms with Crippen molar-refractivity contribution in [1.82, 2.24) is 14.5 Å². The van der Waals surface area contributed by atoms with Gasteiger partial charge in [0.2, 0.25) is 0 Å². The summed E-state index contributed by atoms with van der Waals surface area (Å²) in [5, 5.41) is 0.582. The molecule has 0 spiro atoms. The van der Waals surface area contributed by atoms with Gasteiger partial charge >= 0.3 is 0 Å². The Kier molecular flexibility index (Phi) is 2.97. The van der Waals surface area contributed by atoms with Gasteiger partial charge in [-0.15, -0.1) is 0 Å². The van der Waals surface area contributed by atoms with E-state index in [1.165, 1.54) is 0 Å². The summed E-state index contributed by atoms with van der Waals surface area (Å²) < 4.78 is 3.43. The number of hydrogen-bond donors (Lipinski definition) is 1. The van der Waals surface area contributed by atoms with Crippen LogP contribution in [-0.4, -0.2) is 14.5 Å². The Bertz CT molecular complexity index is 793. The van der Waals surface area contributed by atoms with Crippen LogP contribution in [0.5, 0.6) is 0 Å². The van der Waals surface area contributed by atoms with E-state index in [2.05, 4.69) is 25.9 Å². The lowest BCUT2D eigenvalue weighted by molar-refractivity contribution is 1.04. The highest BCUT2D eigenvalue weighted by atomic mass is 79.9. The summed E-state index contributed by atoms with van der Waals surface area (Å²) in [5.41, 5.74) is 2.53. The highest BCUT2D eigenvalue weighted by Gasteiger charge is 2.10. The molecule has 1 aromatic carbocycles. The smallest absolute Gasteiger partial charge is 0.184 e. The van der Waals surface area contributed by atoms with E-state index in [-0.39, 0.29) is 0 Å². The molecule has 3 rings (SSSR count). The van der Waals surface area contributed by atoms with Gasteiger partial charge in [-0.05, 0) is 46.3 Å². The monoisotopic (exact) mass is 339 g/mol. The first-order valence-corrected chi connectivity index (χ1v) is 6.76. The van der Waals surface area contributed by atoms with Crippen molar-refractivity contribution in [2.24, 2.45) is 0 Å². The first-order valence-electron chi connectivity index (χ1n) is 5.18. The van der Waals surface area contributed by atoms with Crippen molar-refractivity contribution in [3.8, 4) is 5.69 Å². The van der Waals surface area contributed by atoms with Crippen LogP contribution in [0, 0.1) is 4.77 Å². The first kappa shape index (κ1) is 11.9. The highest BCUT2D eigenvalue weighted by molar-refractivity contribution is 9.10. The van der Waals surface area contributed by atoms with Gasteiger partial charge in [-0.3, -0.25) is 4.57 Å². The molecule has 0 saturated heterocycles. The zero-order chi connectivity index (χ0) is 12.7. The molecule has 2 aromatic heterocycles. The lowest BCUT2D eigenvalue weighted by Gasteiger charge is -2.05. The molecule has 3 nitrogen and oxygen atoms in total. The van der Waals surface area contributed by atoms with Crippen LogP contribution < -0.4 is 0 Å². The number of hydrogen-bond acceptors (Lipinski definition) is 2. The number of fused-ring (bicyclic) bond motifs is 1. The van der Waals surface area contributed by atoms with E-state index in [0.29, 0.717) is 9.79 Å². The fraction of sp³-hybridized carbons (Fsp3) is 0. The summed E-state index contributed by atoms with van der Waals surface area (Å²) in [6.45, 7) is 0. The minimum Gasteiger partial charge on any atom is -0.329 e. The molecule has 3 aromatic rings. The standard InChI is InChI=1S/C12H7BrClN3S/c13-8-3-1-2-4-10(8)17-11-9(16-12(17)18)5-7(14)6-15-11/h1-6H,(H,16,18). The van der Waals surface area contributed by atoms with Gasteiger partial charge in [-0.2, -0.15) is 0 Å². The van der Waals surface area contributed by atoms with Gasteiger partial charge in [-0.25, -0.2) is 4.98 Å². The number of pyridine rings is 1. The molecule has 0 aliphatic rings. The van der Waals surface area contributed by atoms with Crippen LogP contribution in [0.4, 0.5) is 0 Å². The van der Waals surface area contributed by atoms with Crippen LogP contribution in [0.25, 0.3) is 16.9 Å².